The van der Waals surface area contributed by atoms with Gasteiger partial charge in [-0.25, -0.2) is 0 Å². The van der Waals surface area contributed by atoms with E-state index in [4.69, 9.17) is 5.73 Å². The van der Waals surface area contributed by atoms with E-state index in [9.17, 15) is 5.11 Å². The first-order chi connectivity index (χ1) is 10.0. The molecule has 1 aromatic rings. The first kappa shape index (κ1) is 15.5. The van der Waals surface area contributed by atoms with Gasteiger partial charge in [-0.1, -0.05) is 12.8 Å². The number of fused-ring (bicyclic) bond motifs is 1. The second kappa shape index (κ2) is 5.99. The van der Waals surface area contributed by atoms with Gasteiger partial charge in [-0.2, -0.15) is 0 Å². The highest BCUT2D eigenvalue weighted by atomic mass is 32.1. The minimum Gasteiger partial charge on any atom is -0.390 e. The zero-order chi connectivity index (χ0) is 15.0. The van der Waals surface area contributed by atoms with Crippen LogP contribution in [0.4, 0.5) is 0 Å². The van der Waals surface area contributed by atoms with Gasteiger partial charge in [-0.3, -0.25) is 4.90 Å². The number of rotatable bonds is 3. The van der Waals surface area contributed by atoms with E-state index in [1.165, 1.54) is 29.7 Å². The van der Waals surface area contributed by atoms with Gasteiger partial charge in [-0.05, 0) is 50.1 Å². The van der Waals surface area contributed by atoms with E-state index >= 15 is 0 Å². The minimum absolute atomic E-state index is 0.122. The maximum absolute atomic E-state index is 10.9. The van der Waals surface area contributed by atoms with Crippen LogP contribution in [0.5, 0.6) is 0 Å². The largest absolute Gasteiger partial charge is 0.390 e. The summed E-state index contributed by atoms with van der Waals surface area (Å²) in [6.07, 6.45) is 5.52. The molecule has 118 valence electrons. The number of likely N-dealkylation sites (tertiary alicyclic amines) is 1. The number of nitrogens with zero attached hydrogens (tertiary/aromatic N) is 1. The third-order valence-corrected chi connectivity index (χ3v) is 6.61. The van der Waals surface area contributed by atoms with Crippen molar-refractivity contribution in [3.63, 3.8) is 0 Å². The van der Waals surface area contributed by atoms with E-state index < -0.39 is 5.60 Å². The summed E-state index contributed by atoms with van der Waals surface area (Å²) in [5.74, 6) is 0.432. The van der Waals surface area contributed by atoms with E-state index in [1.807, 2.05) is 11.3 Å². The molecule has 2 heterocycles. The highest BCUT2D eigenvalue weighted by molar-refractivity contribution is 7.10. The van der Waals surface area contributed by atoms with Gasteiger partial charge in [-0.15, -0.1) is 11.3 Å². The molecule has 4 heteroatoms. The molecular weight excluding hydrogens is 280 g/mol. The lowest BCUT2D eigenvalue weighted by Crippen LogP contribution is -2.55. The van der Waals surface area contributed by atoms with Gasteiger partial charge in [0.1, 0.15) is 0 Å². The number of aliphatic hydroxyl groups is 1. The number of piperidine rings is 1. The molecule has 0 aromatic carbocycles. The summed E-state index contributed by atoms with van der Waals surface area (Å²) in [5.41, 5.74) is 7.28. The lowest BCUT2D eigenvalue weighted by Gasteiger charge is -2.50. The molecule has 2 fully saturated rings. The highest BCUT2D eigenvalue weighted by Crippen LogP contribution is 2.43. The summed E-state index contributed by atoms with van der Waals surface area (Å²) in [6.45, 7) is 6.27. The van der Waals surface area contributed by atoms with Crippen molar-refractivity contribution in [2.75, 3.05) is 13.1 Å². The van der Waals surface area contributed by atoms with Crippen LogP contribution in [-0.4, -0.2) is 34.7 Å². The van der Waals surface area contributed by atoms with E-state index in [1.54, 1.807) is 0 Å². The Kier molecular flexibility index (Phi) is 4.42. The van der Waals surface area contributed by atoms with Crippen LogP contribution in [-0.2, 0) is 0 Å². The van der Waals surface area contributed by atoms with Crippen molar-refractivity contribution < 1.29 is 5.11 Å². The molecule has 4 atom stereocenters. The van der Waals surface area contributed by atoms with Crippen LogP contribution in [0.25, 0.3) is 0 Å². The Hall–Kier alpha value is -0.420. The number of hydrogen-bond acceptors (Lipinski definition) is 4. The Morgan fingerprint density at radius 2 is 2.24 bits per heavy atom. The Morgan fingerprint density at radius 3 is 2.90 bits per heavy atom. The summed E-state index contributed by atoms with van der Waals surface area (Å²) in [6, 6.07) is 2.62. The normalized spacial score (nSPS) is 33.4. The van der Waals surface area contributed by atoms with Gasteiger partial charge in [0.25, 0.3) is 0 Å². The number of nitrogens with two attached hydrogens (primary N) is 1. The van der Waals surface area contributed by atoms with Gasteiger partial charge in [0.15, 0.2) is 0 Å². The van der Waals surface area contributed by atoms with Crippen LogP contribution in [0.2, 0.25) is 0 Å². The molecule has 0 amide bonds. The van der Waals surface area contributed by atoms with E-state index in [0.29, 0.717) is 12.0 Å². The molecule has 3 rings (SSSR count). The summed E-state index contributed by atoms with van der Waals surface area (Å²) < 4.78 is 0. The molecule has 1 saturated heterocycles. The van der Waals surface area contributed by atoms with Crippen molar-refractivity contribution in [2.45, 2.75) is 63.6 Å². The molecule has 2 aliphatic rings. The molecular formula is C17H28N2OS. The zero-order valence-electron chi connectivity index (χ0n) is 13.2. The second-order valence-corrected chi connectivity index (χ2v) is 8.01. The Balaban J connectivity index is 1.80. The number of aryl methyl sites for hydroxylation is 1. The quantitative estimate of drug-likeness (QED) is 0.902. The summed E-state index contributed by atoms with van der Waals surface area (Å²) in [4.78, 5) is 3.94. The smallest absolute Gasteiger partial charge is 0.0700 e. The monoisotopic (exact) mass is 308 g/mol. The number of hydrogen-bond donors (Lipinski definition) is 2. The summed E-state index contributed by atoms with van der Waals surface area (Å²) in [7, 11) is 0. The topological polar surface area (TPSA) is 49.5 Å². The molecule has 1 saturated carbocycles. The van der Waals surface area contributed by atoms with Gasteiger partial charge in [0, 0.05) is 29.9 Å². The lowest BCUT2D eigenvalue weighted by atomic mass is 9.71. The zero-order valence-corrected chi connectivity index (χ0v) is 14.0. The van der Waals surface area contributed by atoms with Gasteiger partial charge >= 0.3 is 0 Å². The fraction of sp³-hybridized carbons (Fsp3) is 0.765. The Morgan fingerprint density at radius 1 is 1.43 bits per heavy atom. The lowest BCUT2D eigenvalue weighted by molar-refractivity contribution is -0.104. The van der Waals surface area contributed by atoms with Gasteiger partial charge < -0.3 is 10.8 Å². The van der Waals surface area contributed by atoms with Crippen molar-refractivity contribution in [2.24, 2.45) is 11.7 Å². The van der Waals surface area contributed by atoms with Gasteiger partial charge in [0.05, 0.1) is 11.6 Å². The van der Waals surface area contributed by atoms with E-state index in [0.717, 1.165) is 25.9 Å². The molecule has 0 radical (unpaired) electrons. The average molecular weight is 308 g/mol. The Bertz CT molecular complexity index is 487. The van der Waals surface area contributed by atoms with Crippen molar-refractivity contribution in [3.8, 4) is 0 Å². The fourth-order valence-electron chi connectivity index (χ4n) is 4.27. The molecule has 1 aliphatic heterocycles. The minimum atomic E-state index is -0.401. The van der Waals surface area contributed by atoms with Crippen molar-refractivity contribution in [1.29, 1.82) is 0 Å². The van der Waals surface area contributed by atoms with Crippen LogP contribution in [0.1, 0.15) is 55.5 Å². The van der Waals surface area contributed by atoms with Crippen LogP contribution < -0.4 is 5.73 Å². The van der Waals surface area contributed by atoms with Crippen LogP contribution in [0, 0.1) is 12.8 Å². The van der Waals surface area contributed by atoms with Crippen LogP contribution in [0.15, 0.2) is 11.4 Å². The maximum atomic E-state index is 10.9. The summed E-state index contributed by atoms with van der Waals surface area (Å²) >= 11 is 1.82. The SMILES string of the molecule is Cc1ccsc1C(C(C)N)N1CCC2(O)CCCCC2C1. The fourth-order valence-corrected chi connectivity index (χ4v) is 5.45. The average Bonchev–Trinajstić information content (AvgIpc) is 2.85. The van der Waals surface area contributed by atoms with E-state index in [-0.39, 0.29) is 6.04 Å². The molecule has 0 spiro atoms. The Labute approximate surface area is 132 Å². The molecule has 1 aliphatic carbocycles. The molecule has 1 aromatic heterocycles. The van der Waals surface area contributed by atoms with Crippen LogP contribution >= 0.6 is 11.3 Å². The molecule has 3 N–H and O–H groups in total. The van der Waals surface area contributed by atoms with Crippen molar-refractivity contribution in [1.82, 2.24) is 4.90 Å². The summed E-state index contributed by atoms with van der Waals surface area (Å²) in [5, 5.41) is 13.0. The predicted molar refractivity (Wildman–Crippen MR) is 88.5 cm³/mol. The predicted octanol–water partition coefficient (Wildman–Crippen LogP) is 3.07. The molecule has 3 nitrogen and oxygen atoms in total. The van der Waals surface area contributed by atoms with E-state index in [2.05, 4.69) is 30.2 Å². The second-order valence-electron chi connectivity index (χ2n) is 7.06. The van der Waals surface area contributed by atoms with Gasteiger partial charge in [0.2, 0.25) is 0 Å². The standard InChI is InChI=1S/C17H28N2OS/c1-12-6-10-21-16(12)15(13(2)18)19-9-8-17(20)7-4-3-5-14(17)11-19/h6,10,13-15,20H,3-5,7-9,11,18H2,1-2H3. The third-order valence-electron chi connectivity index (χ3n) is 5.52. The molecule has 21 heavy (non-hydrogen) atoms. The number of thiophene rings is 1. The first-order valence-electron chi connectivity index (χ1n) is 8.27. The highest BCUT2D eigenvalue weighted by Gasteiger charge is 2.44. The van der Waals surface area contributed by atoms with Crippen molar-refractivity contribution >= 4 is 11.3 Å². The van der Waals surface area contributed by atoms with Crippen molar-refractivity contribution in [3.05, 3.63) is 21.9 Å². The molecule has 0 bridgehead atoms. The van der Waals surface area contributed by atoms with Crippen LogP contribution in [0.3, 0.4) is 0 Å². The third kappa shape index (κ3) is 2.91. The molecule has 4 unspecified atom stereocenters. The maximum Gasteiger partial charge on any atom is 0.0700 e. The first-order valence-corrected chi connectivity index (χ1v) is 9.15.